The molecule has 0 saturated carbocycles. The van der Waals surface area contributed by atoms with E-state index in [1.54, 1.807) is 0 Å². The molecule has 0 unspecified atom stereocenters. The Morgan fingerprint density at radius 1 is 0.600 bits per heavy atom. The van der Waals surface area contributed by atoms with Gasteiger partial charge in [0.25, 0.3) is 0 Å². The molecule has 0 aromatic rings. The number of carbonyl (C=O) groups is 5. The van der Waals surface area contributed by atoms with Gasteiger partial charge in [-0.15, -0.1) is 0 Å². The SMILES string of the molecule is CCCNC(=O)CCC(=O)N(O)CCCCCNC(=O)CCC(=O)N(O)CCCCCNC(=O)O. The molecule has 0 saturated heterocycles. The highest BCUT2D eigenvalue weighted by atomic mass is 16.5. The molecule has 35 heavy (non-hydrogen) atoms. The van der Waals surface area contributed by atoms with Crippen molar-refractivity contribution in [2.24, 2.45) is 0 Å². The van der Waals surface area contributed by atoms with Gasteiger partial charge in [0.2, 0.25) is 23.6 Å². The van der Waals surface area contributed by atoms with Crippen molar-refractivity contribution in [3.8, 4) is 0 Å². The Balaban J connectivity index is 3.74. The molecule has 5 amide bonds. The maximum Gasteiger partial charge on any atom is 0.404 e. The van der Waals surface area contributed by atoms with Gasteiger partial charge in [0.15, 0.2) is 0 Å². The van der Waals surface area contributed by atoms with Gasteiger partial charge in [-0.3, -0.25) is 29.6 Å². The van der Waals surface area contributed by atoms with Crippen LogP contribution in [0.15, 0.2) is 0 Å². The third-order valence-electron chi connectivity index (χ3n) is 4.97. The first-order chi connectivity index (χ1) is 16.7. The van der Waals surface area contributed by atoms with E-state index in [0.29, 0.717) is 68.3 Å². The number of hydroxylamine groups is 4. The van der Waals surface area contributed by atoms with Crippen molar-refractivity contribution in [2.75, 3.05) is 32.7 Å². The van der Waals surface area contributed by atoms with Crippen LogP contribution in [0.1, 0.15) is 77.6 Å². The topological polar surface area (TPSA) is 189 Å². The zero-order chi connectivity index (χ0) is 26.5. The van der Waals surface area contributed by atoms with Crippen LogP contribution in [0, 0.1) is 0 Å². The van der Waals surface area contributed by atoms with Crippen LogP contribution in [-0.2, 0) is 19.2 Å². The summed E-state index contributed by atoms with van der Waals surface area (Å²) in [5, 5.41) is 36.6. The summed E-state index contributed by atoms with van der Waals surface area (Å²) >= 11 is 0. The van der Waals surface area contributed by atoms with E-state index in [4.69, 9.17) is 5.11 Å². The maximum absolute atomic E-state index is 11.8. The largest absolute Gasteiger partial charge is 0.465 e. The van der Waals surface area contributed by atoms with Gasteiger partial charge in [0.1, 0.15) is 0 Å². The summed E-state index contributed by atoms with van der Waals surface area (Å²) in [6.07, 6.45) is 3.09. The standard InChI is InChI=1S/C22H41N5O8/c1-2-13-23-18(28)9-11-20(30)26(34)16-7-3-5-14-24-19(29)10-12-21(31)27(35)17-8-4-6-15-25-22(32)33/h25,34-35H,2-17H2,1H3,(H,23,28)(H,24,29)(H,32,33). The van der Waals surface area contributed by atoms with Crippen LogP contribution >= 0.6 is 0 Å². The van der Waals surface area contributed by atoms with Gasteiger partial charge in [-0.2, -0.15) is 0 Å². The second-order valence-electron chi connectivity index (χ2n) is 8.09. The van der Waals surface area contributed by atoms with Crippen molar-refractivity contribution < 1.29 is 39.5 Å². The first-order valence-corrected chi connectivity index (χ1v) is 12.2. The number of carboxylic acid groups (broad SMARTS) is 1. The fourth-order valence-corrected chi connectivity index (χ4v) is 2.94. The van der Waals surface area contributed by atoms with E-state index in [-0.39, 0.29) is 50.6 Å². The highest BCUT2D eigenvalue weighted by Crippen LogP contribution is 2.03. The first kappa shape index (κ1) is 32.1. The Labute approximate surface area is 206 Å². The molecule has 0 radical (unpaired) electrons. The molecule has 6 N–H and O–H groups in total. The van der Waals surface area contributed by atoms with Crippen molar-refractivity contribution in [3.63, 3.8) is 0 Å². The van der Waals surface area contributed by atoms with Crippen molar-refractivity contribution in [3.05, 3.63) is 0 Å². The maximum atomic E-state index is 11.8. The summed E-state index contributed by atoms with van der Waals surface area (Å²) in [6.45, 7) is 3.43. The summed E-state index contributed by atoms with van der Waals surface area (Å²) in [6, 6.07) is 0. The van der Waals surface area contributed by atoms with Gasteiger partial charge in [-0.05, 0) is 44.9 Å². The summed E-state index contributed by atoms with van der Waals surface area (Å²) in [5.74, 6) is -1.60. The molecule has 0 aliphatic heterocycles. The lowest BCUT2D eigenvalue weighted by Crippen LogP contribution is -2.31. The minimum absolute atomic E-state index is 0.0325. The van der Waals surface area contributed by atoms with Gasteiger partial charge in [-0.25, -0.2) is 14.9 Å². The predicted molar refractivity (Wildman–Crippen MR) is 126 cm³/mol. The minimum atomic E-state index is -1.09. The lowest BCUT2D eigenvalue weighted by molar-refractivity contribution is -0.166. The third kappa shape index (κ3) is 19.1. The van der Waals surface area contributed by atoms with Crippen LogP contribution in [0.2, 0.25) is 0 Å². The lowest BCUT2D eigenvalue weighted by atomic mass is 10.2. The molecule has 0 aromatic heterocycles. The Morgan fingerprint density at radius 3 is 1.46 bits per heavy atom. The van der Waals surface area contributed by atoms with Crippen LogP contribution in [0.25, 0.3) is 0 Å². The molecular formula is C22H41N5O8. The van der Waals surface area contributed by atoms with Gasteiger partial charge < -0.3 is 21.1 Å². The second-order valence-corrected chi connectivity index (χ2v) is 8.09. The van der Waals surface area contributed by atoms with Crippen LogP contribution < -0.4 is 16.0 Å². The normalized spacial score (nSPS) is 10.4. The van der Waals surface area contributed by atoms with Crippen molar-refractivity contribution in [2.45, 2.75) is 77.6 Å². The number of nitrogens with one attached hydrogen (secondary N) is 3. The minimum Gasteiger partial charge on any atom is -0.465 e. The molecule has 13 heteroatoms. The average molecular weight is 504 g/mol. The highest BCUT2D eigenvalue weighted by Gasteiger charge is 2.14. The number of carbonyl (C=O) groups excluding carboxylic acids is 4. The second kappa shape index (κ2) is 20.4. The molecule has 13 nitrogen and oxygen atoms in total. The molecular weight excluding hydrogens is 462 g/mol. The summed E-state index contributed by atoms with van der Waals surface area (Å²) < 4.78 is 0. The zero-order valence-corrected chi connectivity index (χ0v) is 20.6. The molecule has 0 spiro atoms. The number of nitrogens with zero attached hydrogens (tertiary/aromatic N) is 2. The predicted octanol–water partition coefficient (Wildman–Crippen LogP) is 1.23. The smallest absolute Gasteiger partial charge is 0.404 e. The Kier molecular flexibility index (Phi) is 18.7. The summed E-state index contributed by atoms with van der Waals surface area (Å²) in [7, 11) is 0. The molecule has 0 aliphatic carbocycles. The molecule has 0 heterocycles. The van der Waals surface area contributed by atoms with Crippen molar-refractivity contribution in [1.82, 2.24) is 26.1 Å². The van der Waals surface area contributed by atoms with Crippen LogP contribution in [0.4, 0.5) is 4.79 Å². The van der Waals surface area contributed by atoms with Gasteiger partial charge >= 0.3 is 6.09 Å². The highest BCUT2D eigenvalue weighted by molar-refractivity contribution is 5.83. The van der Waals surface area contributed by atoms with E-state index in [2.05, 4.69) is 16.0 Å². The summed E-state index contributed by atoms with van der Waals surface area (Å²) in [4.78, 5) is 57.3. The molecule has 202 valence electrons. The first-order valence-electron chi connectivity index (χ1n) is 12.2. The summed E-state index contributed by atoms with van der Waals surface area (Å²) in [5.41, 5.74) is 0. The fourth-order valence-electron chi connectivity index (χ4n) is 2.94. The number of amides is 5. The van der Waals surface area contributed by atoms with Crippen LogP contribution in [0.3, 0.4) is 0 Å². The zero-order valence-electron chi connectivity index (χ0n) is 20.6. The van der Waals surface area contributed by atoms with Gasteiger partial charge in [-0.1, -0.05) is 6.92 Å². The van der Waals surface area contributed by atoms with Crippen molar-refractivity contribution in [1.29, 1.82) is 0 Å². The number of unbranched alkanes of at least 4 members (excludes halogenated alkanes) is 4. The number of hydrogen-bond acceptors (Lipinski definition) is 7. The molecule has 0 aliphatic rings. The van der Waals surface area contributed by atoms with E-state index < -0.39 is 17.9 Å². The molecule has 0 aromatic carbocycles. The van der Waals surface area contributed by atoms with E-state index in [9.17, 15) is 34.4 Å². The third-order valence-corrected chi connectivity index (χ3v) is 4.97. The van der Waals surface area contributed by atoms with Gasteiger partial charge in [0, 0.05) is 58.4 Å². The van der Waals surface area contributed by atoms with E-state index in [1.165, 1.54) is 0 Å². The fraction of sp³-hybridized carbons (Fsp3) is 0.773. The average Bonchev–Trinajstić information content (AvgIpc) is 2.83. The monoisotopic (exact) mass is 503 g/mol. The van der Waals surface area contributed by atoms with Crippen molar-refractivity contribution >= 4 is 29.7 Å². The van der Waals surface area contributed by atoms with E-state index in [0.717, 1.165) is 6.42 Å². The Morgan fingerprint density at radius 2 is 1.03 bits per heavy atom. The number of hydrogen-bond donors (Lipinski definition) is 6. The van der Waals surface area contributed by atoms with Crippen LogP contribution in [-0.4, -0.2) is 88.1 Å². The lowest BCUT2D eigenvalue weighted by Gasteiger charge is -2.15. The van der Waals surface area contributed by atoms with Gasteiger partial charge in [0.05, 0.1) is 0 Å². The number of rotatable bonds is 20. The Bertz CT molecular complexity index is 662. The van der Waals surface area contributed by atoms with E-state index >= 15 is 0 Å². The van der Waals surface area contributed by atoms with E-state index in [1.807, 2.05) is 6.92 Å². The molecule has 0 fully saturated rings. The molecule has 0 atom stereocenters. The molecule has 0 rings (SSSR count). The quantitative estimate of drug-likeness (QED) is 0.0812. The molecule has 0 bridgehead atoms. The Hall–Kier alpha value is -2.93. The van der Waals surface area contributed by atoms with Crippen LogP contribution in [0.5, 0.6) is 0 Å².